The van der Waals surface area contributed by atoms with E-state index in [1.165, 1.54) is 21.6 Å². The van der Waals surface area contributed by atoms with Crippen molar-refractivity contribution in [1.29, 1.82) is 0 Å². The molecule has 0 aliphatic heterocycles. The van der Waals surface area contributed by atoms with Crippen LogP contribution in [0.1, 0.15) is 34.5 Å². The fraction of sp³-hybridized carbons (Fsp3) is 0.412. The highest BCUT2D eigenvalue weighted by Crippen LogP contribution is 2.31. The average molecular weight is 288 g/mol. The molecule has 1 heterocycles. The molecule has 0 fully saturated rings. The lowest BCUT2D eigenvalue weighted by atomic mass is 10.0. The van der Waals surface area contributed by atoms with E-state index in [0.717, 1.165) is 6.54 Å². The fourth-order valence-corrected chi connectivity index (χ4v) is 3.89. The molecule has 108 valence electrons. The van der Waals surface area contributed by atoms with Crippen molar-refractivity contribution < 1.29 is 0 Å². The average Bonchev–Trinajstić information content (AvgIpc) is 2.78. The summed E-state index contributed by atoms with van der Waals surface area (Å²) in [6.45, 7) is 7.36. The summed E-state index contributed by atoms with van der Waals surface area (Å²) in [7, 11) is 2.17. The van der Waals surface area contributed by atoms with Crippen molar-refractivity contribution in [3.05, 3.63) is 57.3 Å². The smallest absolute Gasteiger partial charge is 0.0593 e. The molecule has 0 saturated carbocycles. The Kier molecular flexibility index (Phi) is 4.97. The molecule has 2 N–H and O–H groups in total. The second-order valence-corrected chi connectivity index (χ2v) is 6.56. The summed E-state index contributed by atoms with van der Waals surface area (Å²) in [5, 5.41) is 2.15. The van der Waals surface area contributed by atoms with Crippen LogP contribution in [0.3, 0.4) is 0 Å². The van der Waals surface area contributed by atoms with E-state index in [-0.39, 0.29) is 12.1 Å². The van der Waals surface area contributed by atoms with E-state index in [1.54, 1.807) is 0 Å². The van der Waals surface area contributed by atoms with Crippen molar-refractivity contribution in [2.45, 2.75) is 39.4 Å². The van der Waals surface area contributed by atoms with Gasteiger partial charge >= 0.3 is 0 Å². The van der Waals surface area contributed by atoms with Crippen LogP contribution < -0.4 is 5.73 Å². The van der Waals surface area contributed by atoms with Crippen LogP contribution in [0.4, 0.5) is 0 Å². The van der Waals surface area contributed by atoms with E-state index in [0.29, 0.717) is 0 Å². The zero-order chi connectivity index (χ0) is 14.7. The third-order valence-electron chi connectivity index (χ3n) is 3.82. The van der Waals surface area contributed by atoms with Gasteiger partial charge in [0.2, 0.25) is 0 Å². The van der Waals surface area contributed by atoms with Gasteiger partial charge in [-0.1, -0.05) is 24.3 Å². The second-order valence-electron chi connectivity index (χ2n) is 5.61. The molecular weight excluding hydrogens is 264 g/mol. The van der Waals surface area contributed by atoms with Gasteiger partial charge in [-0.05, 0) is 56.0 Å². The number of likely N-dealkylation sites (N-methyl/N-ethyl adjacent to an activating group) is 1. The number of nitrogens with two attached hydrogens (primary N) is 1. The molecule has 0 radical (unpaired) electrons. The first-order valence-corrected chi connectivity index (χ1v) is 7.93. The normalized spacial score (nSPS) is 14.5. The van der Waals surface area contributed by atoms with Gasteiger partial charge in [-0.25, -0.2) is 0 Å². The lowest BCUT2D eigenvalue weighted by Crippen LogP contribution is -2.36. The van der Waals surface area contributed by atoms with Gasteiger partial charge in [0.05, 0.1) is 6.04 Å². The number of aryl methyl sites for hydroxylation is 2. The molecule has 1 aromatic carbocycles. The van der Waals surface area contributed by atoms with E-state index in [2.05, 4.69) is 68.4 Å². The summed E-state index contributed by atoms with van der Waals surface area (Å²) >= 11 is 1.81. The van der Waals surface area contributed by atoms with Crippen LogP contribution in [0.15, 0.2) is 35.7 Å². The number of nitrogens with zero attached hydrogens (tertiary/aromatic N) is 1. The molecule has 2 aromatic rings. The Morgan fingerprint density at radius 1 is 1.15 bits per heavy atom. The quantitative estimate of drug-likeness (QED) is 0.904. The van der Waals surface area contributed by atoms with Crippen molar-refractivity contribution in [2.75, 3.05) is 7.05 Å². The van der Waals surface area contributed by atoms with Gasteiger partial charge in [-0.3, -0.25) is 4.90 Å². The highest BCUT2D eigenvalue weighted by molar-refractivity contribution is 7.10. The first-order valence-electron chi connectivity index (χ1n) is 7.05. The molecule has 2 unspecified atom stereocenters. The minimum Gasteiger partial charge on any atom is -0.326 e. The van der Waals surface area contributed by atoms with Crippen molar-refractivity contribution >= 4 is 11.3 Å². The summed E-state index contributed by atoms with van der Waals surface area (Å²) in [5.74, 6) is 0. The lowest BCUT2D eigenvalue weighted by molar-refractivity contribution is 0.213. The van der Waals surface area contributed by atoms with Gasteiger partial charge in [0.1, 0.15) is 0 Å². The standard InChI is InChI=1S/C17H24N2S/c1-12-7-5-6-8-15(12)11-19(4)16(14(3)18)17-13(2)9-10-20-17/h5-10,14,16H,11,18H2,1-4H3. The van der Waals surface area contributed by atoms with Gasteiger partial charge in [0, 0.05) is 17.5 Å². The van der Waals surface area contributed by atoms with Crippen LogP contribution in [0.2, 0.25) is 0 Å². The van der Waals surface area contributed by atoms with Gasteiger partial charge in [0.25, 0.3) is 0 Å². The molecule has 0 amide bonds. The summed E-state index contributed by atoms with van der Waals surface area (Å²) in [6, 6.07) is 11.1. The Bertz CT molecular complexity index is 560. The Balaban J connectivity index is 2.23. The van der Waals surface area contributed by atoms with Crippen LogP contribution >= 0.6 is 11.3 Å². The van der Waals surface area contributed by atoms with Gasteiger partial charge in [0.15, 0.2) is 0 Å². The fourth-order valence-electron chi connectivity index (χ4n) is 2.68. The maximum Gasteiger partial charge on any atom is 0.0593 e. The van der Waals surface area contributed by atoms with E-state index >= 15 is 0 Å². The lowest BCUT2D eigenvalue weighted by Gasteiger charge is -2.31. The Morgan fingerprint density at radius 2 is 1.85 bits per heavy atom. The highest BCUT2D eigenvalue weighted by atomic mass is 32.1. The Hall–Kier alpha value is -1.16. The van der Waals surface area contributed by atoms with Gasteiger partial charge in [-0.2, -0.15) is 0 Å². The third-order valence-corrected chi connectivity index (χ3v) is 4.91. The van der Waals surface area contributed by atoms with Crippen LogP contribution in [-0.4, -0.2) is 18.0 Å². The molecule has 0 aliphatic rings. The largest absolute Gasteiger partial charge is 0.326 e. The summed E-state index contributed by atoms with van der Waals surface area (Å²) in [4.78, 5) is 3.75. The zero-order valence-electron chi connectivity index (χ0n) is 12.8. The van der Waals surface area contributed by atoms with Crippen LogP contribution in [0, 0.1) is 13.8 Å². The second kappa shape index (κ2) is 6.53. The predicted octanol–water partition coefficient (Wildman–Crippen LogP) is 3.89. The van der Waals surface area contributed by atoms with E-state index in [9.17, 15) is 0 Å². The Morgan fingerprint density at radius 3 is 2.40 bits per heavy atom. The molecule has 0 saturated heterocycles. The van der Waals surface area contributed by atoms with Crippen molar-refractivity contribution in [2.24, 2.45) is 5.73 Å². The molecule has 2 atom stereocenters. The monoisotopic (exact) mass is 288 g/mol. The van der Waals surface area contributed by atoms with E-state index in [1.807, 2.05) is 11.3 Å². The van der Waals surface area contributed by atoms with Crippen LogP contribution in [-0.2, 0) is 6.54 Å². The van der Waals surface area contributed by atoms with Crippen LogP contribution in [0.5, 0.6) is 0 Å². The molecular formula is C17H24N2S. The van der Waals surface area contributed by atoms with E-state index < -0.39 is 0 Å². The molecule has 0 bridgehead atoms. The zero-order valence-corrected chi connectivity index (χ0v) is 13.6. The molecule has 0 spiro atoms. The number of hydrogen-bond donors (Lipinski definition) is 1. The number of hydrogen-bond acceptors (Lipinski definition) is 3. The van der Waals surface area contributed by atoms with Crippen molar-refractivity contribution in [1.82, 2.24) is 4.90 Å². The van der Waals surface area contributed by atoms with Crippen LogP contribution in [0.25, 0.3) is 0 Å². The highest BCUT2D eigenvalue weighted by Gasteiger charge is 2.24. The topological polar surface area (TPSA) is 29.3 Å². The number of rotatable bonds is 5. The maximum absolute atomic E-state index is 6.25. The maximum atomic E-state index is 6.25. The van der Waals surface area contributed by atoms with Gasteiger partial charge < -0.3 is 5.73 Å². The predicted molar refractivity (Wildman–Crippen MR) is 88.1 cm³/mol. The number of benzene rings is 1. The molecule has 2 nitrogen and oxygen atoms in total. The van der Waals surface area contributed by atoms with Crippen molar-refractivity contribution in [3.8, 4) is 0 Å². The van der Waals surface area contributed by atoms with Gasteiger partial charge in [-0.15, -0.1) is 11.3 Å². The first-order chi connectivity index (χ1) is 9.50. The third kappa shape index (κ3) is 3.29. The molecule has 2 rings (SSSR count). The summed E-state index contributed by atoms with van der Waals surface area (Å²) in [6.07, 6.45) is 0. The number of thiophene rings is 1. The van der Waals surface area contributed by atoms with Crippen molar-refractivity contribution in [3.63, 3.8) is 0 Å². The Labute approximate surface area is 126 Å². The molecule has 0 aliphatic carbocycles. The van der Waals surface area contributed by atoms with E-state index in [4.69, 9.17) is 5.73 Å². The molecule has 1 aromatic heterocycles. The molecule has 3 heteroatoms. The minimum absolute atomic E-state index is 0.112. The summed E-state index contributed by atoms with van der Waals surface area (Å²) < 4.78 is 0. The minimum atomic E-state index is 0.112. The summed E-state index contributed by atoms with van der Waals surface area (Å²) in [5.41, 5.74) is 10.3. The first kappa shape index (κ1) is 15.2. The SMILES string of the molecule is Cc1ccccc1CN(C)C(c1sccc1C)C(C)N. The molecule has 20 heavy (non-hydrogen) atoms.